The van der Waals surface area contributed by atoms with E-state index in [0.717, 1.165) is 19.4 Å². The first-order chi connectivity index (χ1) is 6.61. The average molecular weight is 199 g/mol. The van der Waals surface area contributed by atoms with Crippen molar-refractivity contribution in [1.82, 2.24) is 5.32 Å². The third-order valence-corrected chi connectivity index (χ3v) is 2.45. The number of hydrogen-bond acceptors (Lipinski definition) is 2. The van der Waals surface area contributed by atoms with Gasteiger partial charge in [0.2, 0.25) is 5.91 Å². The van der Waals surface area contributed by atoms with Crippen LogP contribution in [0.4, 0.5) is 0 Å². The van der Waals surface area contributed by atoms with Crippen molar-refractivity contribution in [2.24, 2.45) is 5.92 Å². The molecule has 0 spiro atoms. The van der Waals surface area contributed by atoms with Gasteiger partial charge in [-0.25, -0.2) is 0 Å². The van der Waals surface area contributed by atoms with Gasteiger partial charge in [-0.1, -0.05) is 20.8 Å². The highest BCUT2D eigenvalue weighted by molar-refractivity contribution is 5.75. The third-order valence-electron chi connectivity index (χ3n) is 2.45. The normalized spacial score (nSPS) is 26.0. The molecule has 3 nitrogen and oxygen atoms in total. The minimum atomic E-state index is 0.150. The van der Waals surface area contributed by atoms with E-state index in [1.54, 1.807) is 0 Å². The Morgan fingerprint density at radius 1 is 1.50 bits per heavy atom. The van der Waals surface area contributed by atoms with Crippen LogP contribution in [0.25, 0.3) is 0 Å². The minimum Gasteiger partial charge on any atom is -0.378 e. The number of nitrogens with one attached hydrogen (secondary N) is 1. The number of ether oxygens (including phenoxy) is 1. The summed E-state index contributed by atoms with van der Waals surface area (Å²) >= 11 is 0. The van der Waals surface area contributed by atoms with Gasteiger partial charge in [-0.05, 0) is 18.8 Å². The molecule has 82 valence electrons. The van der Waals surface area contributed by atoms with E-state index < -0.39 is 0 Å². The highest BCUT2D eigenvalue weighted by Crippen LogP contribution is 2.23. The Morgan fingerprint density at radius 3 is 2.64 bits per heavy atom. The van der Waals surface area contributed by atoms with Crippen LogP contribution in [0.2, 0.25) is 0 Å². The largest absolute Gasteiger partial charge is 0.378 e. The van der Waals surface area contributed by atoms with Crippen molar-refractivity contribution < 1.29 is 9.53 Å². The van der Waals surface area contributed by atoms with E-state index in [4.69, 9.17) is 4.74 Å². The standard InChI is InChI=1S/C11H21NO2/c1-4-11(13)12-9-5-10(6-9)14-7-8(2)3/h8-10H,4-7H2,1-3H3,(H,12,13)/t9-,10+. The molecule has 1 aliphatic rings. The smallest absolute Gasteiger partial charge is 0.219 e. The van der Waals surface area contributed by atoms with Crippen molar-refractivity contribution in [3.05, 3.63) is 0 Å². The predicted molar refractivity (Wildman–Crippen MR) is 56.0 cm³/mol. The maximum atomic E-state index is 11.0. The van der Waals surface area contributed by atoms with Gasteiger partial charge in [0.05, 0.1) is 6.10 Å². The molecule has 1 fully saturated rings. The molecule has 1 amide bonds. The average Bonchev–Trinajstić information content (AvgIpc) is 2.07. The molecule has 0 aromatic heterocycles. The molecule has 1 N–H and O–H groups in total. The van der Waals surface area contributed by atoms with Gasteiger partial charge in [0.1, 0.15) is 0 Å². The third kappa shape index (κ3) is 3.66. The van der Waals surface area contributed by atoms with Crippen LogP contribution in [-0.2, 0) is 9.53 Å². The van der Waals surface area contributed by atoms with E-state index >= 15 is 0 Å². The molecule has 0 unspecified atom stereocenters. The fourth-order valence-corrected chi connectivity index (χ4v) is 1.48. The Kier molecular flexibility index (Phi) is 4.39. The van der Waals surface area contributed by atoms with Gasteiger partial charge >= 0.3 is 0 Å². The van der Waals surface area contributed by atoms with Gasteiger partial charge in [-0.2, -0.15) is 0 Å². The number of hydrogen-bond donors (Lipinski definition) is 1. The van der Waals surface area contributed by atoms with Crippen LogP contribution in [0.15, 0.2) is 0 Å². The second-order valence-electron chi connectivity index (χ2n) is 4.44. The first-order valence-corrected chi connectivity index (χ1v) is 5.52. The molecule has 0 bridgehead atoms. The van der Waals surface area contributed by atoms with Gasteiger partial charge in [0.25, 0.3) is 0 Å². The van der Waals surface area contributed by atoms with Crippen molar-refractivity contribution in [1.29, 1.82) is 0 Å². The Morgan fingerprint density at radius 2 is 2.14 bits per heavy atom. The first kappa shape index (κ1) is 11.5. The maximum absolute atomic E-state index is 11.0. The molecule has 3 heteroatoms. The Labute approximate surface area is 86.2 Å². The van der Waals surface area contributed by atoms with Crippen molar-refractivity contribution in [3.8, 4) is 0 Å². The van der Waals surface area contributed by atoms with Crippen LogP contribution in [-0.4, -0.2) is 24.7 Å². The Balaban J connectivity index is 2.03. The summed E-state index contributed by atoms with van der Waals surface area (Å²) in [4.78, 5) is 11.0. The zero-order valence-electron chi connectivity index (χ0n) is 9.38. The Bertz CT molecular complexity index is 186. The van der Waals surface area contributed by atoms with Crippen LogP contribution in [0.1, 0.15) is 40.0 Å². The van der Waals surface area contributed by atoms with E-state index in [1.165, 1.54) is 0 Å². The minimum absolute atomic E-state index is 0.150. The molecule has 1 saturated carbocycles. The topological polar surface area (TPSA) is 38.3 Å². The Hall–Kier alpha value is -0.570. The lowest BCUT2D eigenvalue weighted by atomic mass is 9.89. The summed E-state index contributed by atoms with van der Waals surface area (Å²) in [5, 5.41) is 2.96. The van der Waals surface area contributed by atoms with E-state index in [1.807, 2.05) is 6.92 Å². The second kappa shape index (κ2) is 5.35. The van der Waals surface area contributed by atoms with Crippen molar-refractivity contribution in [2.75, 3.05) is 6.61 Å². The quantitative estimate of drug-likeness (QED) is 0.732. The fourth-order valence-electron chi connectivity index (χ4n) is 1.48. The van der Waals surface area contributed by atoms with Crippen LogP contribution >= 0.6 is 0 Å². The molecular formula is C11H21NO2. The van der Waals surface area contributed by atoms with E-state index in [0.29, 0.717) is 24.5 Å². The molecular weight excluding hydrogens is 178 g/mol. The summed E-state index contributed by atoms with van der Waals surface area (Å²) in [7, 11) is 0. The fraction of sp³-hybridized carbons (Fsp3) is 0.909. The molecule has 0 radical (unpaired) electrons. The van der Waals surface area contributed by atoms with Crippen LogP contribution in [0.3, 0.4) is 0 Å². The zero-order valence-corrected chi connectivity index (χ0v) is 9.38. The summed E-state index contributed by atoms with van der Waals surface area (Å²) < 4.78 is 5.63. The maximum Gasteiger partial charge on any atom is 0.219 e. The lowest BCUT2D eigenvalue weighted by Gasteiger charge is -2.35. The van der Waals surface area contributed by atoms with Gasteiger partial charge in [-0.15, -0.1) is 0 Å². The van der Waals surface area contributed by atoms with Crippen LogP contribution in [0, 0.1) is 5.92 Å². The summed E-state index contributed by atoms with van der Waals surface area (Å²) in [6, 6.07) is 0.361. The molecule has 1 aliphatic carbocycles. The summed E-state index contributed by atoms with van der Waals surface area (Å²) in [5.74, 6) is 0.747. The van der Waals surface area contributed by atoms with Gasteiger partial charge in [0, 0.05) is 19.1 Å². The monoisotopic (exact) mass is 199 g/mol. The van der Waals surface area contributed by atoms with Crippen molar-refractivity contribution in [3.63, 3.8) is 0 Å². The second-order valence-corrected chi connectivity index (χ2v) is 4.44. The van der Waals surface area contributed by atoms with Crippen molar-refractivity contribution in [2.45, 2.75) is 52.2 Å². The van der Waals surface area contributed by atoms with Crippen molar-refractivity contribution >= 4 is 5.91 Å². The molecule has 0 heterocycles. The molecule has 14 heavy (non-hydrogen) atoms. The number of carbonyl (C=O) groups excluding carboxylic acids is 1. The number of carbonyl (C=O) groups is 1. The molecule has 1 rings (SSSR count). The van der Waals surface area contributed by atoms with Crippen LogP contribution in [0.5, 0.6) is 0 Å². The molecule has 0 aromatic carbocycles. The molecule has 0 atom stereocenters. The molecule has 0 saturated heterocycles. The van der Waals surface area contributed by atoms with E-state index in [9.17, 15) is 4.79 Å². The van der Waals surface area contributed by atoms with E-state index in [-0.39, 0.29) is 5.91 Å². The summed E-state index contributed by atoms with van der Waals surface area (Å²) in [6.07, 6.45) is 2.92. The zero-order chi connectivity index (χ0) is 10.6. The predicted octanol–water partition coefficient (Wildman–Crippen LogP) is 1.72. The molecule has 0 aliphatic heterocycles. The van der Waals surface area contributed by atoms with Crippen LogP contribution < -0.4 is 5.32 Å². The highest BCUT2D eigenvalue weighted by atomic mass is 16.5. The SMILES string of the molecule is CCC(=O)N[C@H]1C[C@@H](OCC(C)C)C1. The number of rotatable bonds is 5. The van der Waals surface area contributed by atoms with Gasteiger partial charge < -0.3 is 10.1 Å². The number of amides is 1. The lowest BCUT2D eigenvalue weighted by Crippen LogP contribution is -2.47. The summed E-state index contributed by atoms with van der Waals surface area (Å²) in [5.41, 5.74) is 0. The molecule has 0 aromatic rings. The van der Waals surface area contributed by atoms with E-state index in [2.05, 4.69) is 19.2 Å². The highest BCUT2D eigenvalue weighted by Gasteiger charge is 2.30. The summed E-state index contributed by atoms with van der Waals surface area (Å²) in [6.45, 7) is 7.00. The first-order valence-electron chi connectivity index (χ1n) is 5.52. The van der Waals surface area contributed by atoms with Gasteiger partial charge in [0.15, 0.2) is 0 Å². The lowest BCUT2D eigenvalue weighted by molar-refractivity contribution is -0.123. The van der Waals surface area contributed by atoms with Gasteiger partial charge in [-0.3, -0.25) is 4.79 Å².